The topological polar surface area (TPSA) is 18.5 Å². The van der Waals surface area contributed by atoms with E-state index in [0.29, 0.717) is 5.41 Å². The van der Waals surface area contributed by atoms with Crippen molar-refractivity contribution in [2.24, 2.45) is 11.3 Å². The minimum Gasteiger partial charge on any atom is -0.319 e. The molecule has 0 atom stereocenters. The molecule has 0 amide bonds. The molecule has 1 rings (SSSR count). The summed E-state index contributed by atoms with van der Waals surface area (Å²) in [5, 5.41) is 3.46. The van der Waals surface area contributed by atoms with Gasteiger partial charge < -0.3 is 15.1 Å². The molecule has 1 fully saturated rings. The first kappa shape index (κ1) is 17.9. The first-order valence-corrected chi connectivity index (χ1v) is 8.49. The van der Waals surface area contributed by atoms with Crippen molar-refractivity contribution in [2.45, 2.75) is 46.0 Å². The number of likely N-dealkylation sites (N-methyl/N-ethyl adjacent to an activating group) is 1. The Morgan fingerprint density at radius 1 is 1.05 bits per heavy atom. The van der Waals surface area contributed by atoms with Crippen LogP contribution in [0.1, 0.15) is 46.0 Å². The van der Waals surface area contributed by atoms with E-state index in [1.165, 1.54) is 64.8 Å². The van der Waals surface area contributed by atoms with Gasteiger partial charge in [0.25, 0.3) is 0 Å². The van der Waals surface area contributed by atoms with Crippen LogP contribution < -0.4 is 5.32 Å². The minimum absolute atomic E-state index is 0.522. The molecule has 0 bridgehead atoms. The molecule has 3 heteroatoms. The Labute approximate surface area is 127 Å². The largest absolute Gasteiger partial charge is 0.319 e. The highest BCUT2D eigenvalue weighted by Crippen LogP contribution is 2.36. The molecule has 20 heavy (non-hydrogen) atoms. The van der Waals surface area contributed by atoms with Crippen LogP contribution in [0.5, 0.6) is 0 Å². The van der Waals surface area contributed by atoms with Crippen LogP contribution in [0.25, 0.3) is 0 Å². The molecule has 0 heterocycles. The van der Waals surface area contributed by atoms with Gasteiger partial charge in [-0.1, -0.05) is 33.1 Å². The van der Waals surface area contributed by atoms with Gasteiger partial charge in [0, 0.05) is 32.7 Å². The SMILES string of the molecule is CNCC1(CN(CCN(C)C)CC(C)C)CCCCC1. The van der Waals surface area contributed by atoms with E-state index in [9.17, 15) is 0 Å². The quantitative estimate of drug-likeness (QED) is 0.702. The highest BCUT2D eigenvalue weighted by Gasteiger charge is 2.33. The van der Waals surface area contributed by atoms with E-state index >= 15 is 0 Å². The summed E-state index contributed by atoms with van der Waals surface area (Å²) in [5.41, 5.74) is 0.522. The van der Waals surface area contributed by atoms with Gasteiger partial charge in [-0.3, -0.25) is 0 Å². The van der Waals surface area contributed by atoms with E-state index in [4.69, 9.17) is 0 Å². The lowest BCUT2D eigenvalue weighted by molar-refractivity contribution is 0.0916. The summed E-state index contributed by atoms with van der Waals surface area (Å²) in [4.78, 5) is 5.02. The molecule has 0 aromatic rings. The molecule has 0 aromatic carbocycles. The van der Waals surface area contributed by atoms with Gasteiger partial charge in [0.1, 0.15) is 0 Å². The zero-order valence-electron chi connectivity index (χ0n) is 14.5. The molecule has 3 nitrogen and oxygen atoms in total. The zero-order valence-corrected chi connectivity index (χ0v) is 14.5. The molecule has 120 valence electrons. The first-order chi connectivity index (χ1) is 9.47. The van der Waals surface area contributed by atoms with E-state index < -0.39 is 0 Å². The van der Waals surface area contributed by atoms with Crippen molar-refractivity contribution in [1.29, 1.82) is 0 Å². The normalized spacial score (nSPS) is 19.2. The van der Waals surface area contributed by atoms with Gasteiger partial charge in [0.2, 0.25) is 0 Å². The fourth-order valence-electron chi connectivity index (χ4n) is 3.63. The maximum absolute atomic E-state index is 3.46. The molecular weight excluding hydrogens is 246 g/mol. The van der Waals surface area contributed by atoms with E-state index in [1.54, 1.807) is 0 Å². The van der Waals surface area contributed by atoms with E-state index in [2.05, 4.69) is 50.1 Å². The van der Waals surface area contributed by atoms with E-state index in [1.807, 2.05) is 0 Å². The Balaban J connectivity index is 2.62. The second kappa shape index (κ2) is 9.01. The summed E-state index contributed by atoms with van der Waals surface area (Å²) in [6.45, 7) is 10.8. The van der Waals surface area contributed by atoms with Crippen molar-refractivity contribution in [2.75, 3.05) is 53.9 Å². The van der Waals surface area contributed by atoms with Gasteiger partial charge in [0.05, 0.1) is 0 Å². The van der Waals surface area contributed by atoms with Crippen LogP contribution in [0, 0.1) is 11.3 Å². The number of hydrogen-bond donors (Lipinski definition) is 1. The fraction of sp³-hybridized carbons (Fsp3) is 1.00. The van der Waals surface area contributed by atoms with Crippen molar-refractivity contribution >= 4 is 0 Å². The van der Waals surface area contributed by atoms with Crippen LogP contribution in [0.3, 0.4) is 0 Å². The molecule has 0 saturated heterocycles. The Bertz CT molecular complexity index is 239. The monoisotopic (exact) mass is 283 g/mol. The predicted molar refractivity (Wildman–Crippen MR) is 89.3 cm³/mol. The van der Waals surface area contributed by atoms with Crippen molar-refractivity contribution in [3.05, 3.63) is 0 Å². The van der Waals surface area contributed by atoms with Gasteiger partial charge in [0.15, 0.2) is 0 Å². The van der Waals surface area contributed by atoms with Crippen molar-refractivity contribution < 1.29 is 0 Å². The van der Waals surface area contributed by atoms with Gasteiger partial charge >= 0.3 is 0 Å². The summed E-state index contributed by atoms with van der Waals surface area (Å²) >= 11 is 0. The molecule has 0 aliphatic heterocycles. The van der Waals surface area contributed by atoms with Crippen molar-refractivity contribution in [1.82, 2.24) is 15.1 Å². The zero-order chi connectivity index (χ0) is 15.0. The Hall–Kier alpha value is -0.120. The second-order valence-electron chi connectivity index (χ2n) is 7.52. The van der Waals surface area contributed by atoms with Gasteiger partial charge in [-0.15, -0.1) is 0 Å². The molecule has 0 radical (unpaired) electrons. The molecule has 0 aromatic heterocycles. The maximum atomic E-state index is 3.46. The third-order valence-corrected chi connectivity index (χ3v) is 4.51. The number of rotatable bonds is 9. The maximum Gasteiger partial charge on any atom is 0.0109 e. The van der Waals surface area contributed by atoms with Gasteiger partial charge in [-0.2, -0.15) is 0 Å². The summed E-state index contributed by atoms with van der Waals surface area (Å²) in [6, 6.07) is 0. The highest BCUT2D eigenvalue weighted by atomic mass is 15.2. The summed E-state index contributed by atoms with van der Waals surface area (Å²) in [7, 11) is 6.47. The van der Waals surface area contributed by atoms with Crippen molar-refractivity contribution in [3.63, 3.8) is 0 Å². The van der Waals surface area contributed by atoms with Crippen LogP contribution in [0.15, 0.2) is 0 Å². The Morgan fingerprint density at radius 3 is 2.20 bits per heavy atom. The lowest BCUT2D eigenvalue weighted by Crippen LogP contribution is -2.47. The predicted octanol–water partition coefficient (Wildman–Crippen LogP) is 2.68. The second-order valence-corrected chi connectivity index (χ2v) is 7.52. The molecule has 1 N–H and O–H groups in total. The average Bonchev–Trinajstić information content (AvgIpc) is 2.36. The third kappa shape index (κ3) is 6.55. The fourth-order valence-corrected chi connectivity index (χ4v) is 3.63. The highest BCUT2D eigenvalue weighted by molar-refractivity contribution is 4.88. The molecular formula is C17H37N3. The van der Waals surface area contributed by atoms with Crippen LogP contribution in [-0.2, 0) is 0 Å². The molecule has 0 unspecified atom stereocenters. The summed E-state index contributed by atoms with van der Waals surface area (Å²) in [6.07, 6.45) is 7.10. The summed E-state index contributed by atoms with van der Waals surface area (Å²) < 4.78 is 0. The molecule has 1 aliphatic rings. The standard InChI is InChI=1S/C17H37N3/c1-16(2)13-20(12-11-19(4)5)15-17(14-18-3)9-7-6-8-10-17/h16,18H,6-15H2,1-5H3. The lowest BCUT2D eigenvalue weighted by atomic mass is 9.73. The average molecular weight is 284 g/mol. The Kier molecular flexibility index (Phi) is 8.08. The molecule has 0 spiro atoms. The van der Waals surface area contributed by atoms with Crippen LogP contribution >= 0.6 is 0 Å². The molecule has 1 saturated carbocycles. The third-order valence-electron chi connectivity index (χ3n) is 4.51. The summed E-state index contributed by atoms with van der Waals surface area (Å²) in [5.74, 6) is 0.757. The van der Waals surface area contributed by atoms with E-state index in [-0.39, 0.29) is 0 Å². The lowest BCUT2D eigenvalue weighted by Gasteiger charge is -2.42. The number of nitrogens with zero attached hydrogens (tertiary/aromatic N) is 2. The van der Waals surface area contributed by atoms with Gasteiger partial charge in [-0.25, -0.2) is 0 Å². The van der Waals surface area contributed by atoms with Crippen LogP contribution in [0.4, 0.5) is 0 Å². The number of nitrogens with one attached hydrogen (secondary N) is 1. The Morgan fingerprint density at radius 2 is 1.70 bits per heavy atom. The van der Waals surface area contributed by atoms with Gasteiger partial charge in [-0.05, 0) is 45.3 Å². The first-order valence-electron chi connectivity index (χ1n) is 8.49. The van der Waals surface area contributed by atoms with Crippen molar-refractivity contribution in [3.8, 4) is 0 Å². The van der Waals surface area contributed by atoms with E-state index in [0.717, 1.165) is 5.92 Å². The smallest absolute Gasteiger partial charge is 0.0109 e. The molecule has 1 aliphatic carbocycles. The number of hydrogen-bond acceptors (Lipinski definition) is 3. The van der Waals surface area contributed by atoms with Crippen LogP contribution in [0.2, 0.25) is 0 Å². The van der Waals surface area contributed by atoms with Crippen LogP contribution in [-0.4, -0.2) is 63.7 Å². The minimum atomic E-state index is 0.522.